The Hall–Kier alpha value is -3.84. The Morgan fingerprint density at radius 3 is 2.56 bits per heavy atom. The van der Waals surface area contributed by atoms with Crippen molar-refractivity contribution < 1.29 is 23.1 Å². The van der Waals surface area contributed by atoms with Crippen molar-refractivity contribution in [2.75, 3.05) is 0 Å². The van der Waals surface area contributed by atoms with Gasteiger partial charge in [0, 0.05) is 35.2 Å². The number of Topliss-reactive ketones (excluding diaryl/α,β-unsaturated/α-hetero) is 1. The lowest BCUT2D eigenvalue weighted by atomic mass is 10.1. The van der Waals surface area contributed by atoms with Crippen molar-refractivity contribution in [1.82, 2.24) is 34.1 Å². The third-order valence-electron chi connectivity index (χ3n) is 6.27. The zero-order valence-corrected chi connectivity index (χ0v) is 21.2. The summed E-state index contributed by atoms with van der Waals surface area (Å²) in [4.78, 5) is 34.0. The molecule has 0 amide bonds. The first-order valence-corrected chi connectivity index (χ1v) is 12.5. The molecule has 0 bridgehead atoms. The number of benzene rings is 1. The molecule has 0 radical (unpaired) electrons. The molecule has 0 aliphatic heterocycles. The molecular formula is C25H23ClF3N7O3. The molecule has 14 heteroatoms. The van der Waals surface area contributed by atoms with E-state index in [4.69, 9.17) is 11.6 Å². The molecule has 1 saturated carbocycles. The number of pyridine rings is 1. The van der Waals surface area contributed by atoms with E-state index in [0.29, 0.717) is 34.3 Å². The highest BCUT2D eigenvalue weighted by Gasteiger charge is 2.39. The van der Waals surface area contributed by atoms with Crippen molar-refractivity contribution in [1.29, 1.82) is 0 Å². The zero-order chi connectivity index (χ0) is 27.7. The molecule has 0 saturated heterocycles. The van der Waals surface area contributed by atoms with Gasteiger partial charge in [-0.2, -0.15) is 13.2 Å². The van der Waals surface area contributed by atoms with Crippen molar-refractivity contribution in [3.8, 4) is 17.2 Å². The van der Waals surface area contributed by atoms with Crippen LogP contribution in [0, 0.1) is 5.92 Å². The van der Waals surface area contributed by atoms with Crippen molar-refractivity contribution in [3.63, 3.8) is 0 Å². The second kappa shape index (κ2) is 10.7. The van der Waals surface area contributed by atoms with Gasteiger partial charge in [-0.25, -0.2) is 24.1 Å². The van der Waals surface area contributed by atoms with Crippen molar-refractivity contribution in [2.45, 2.75) is 51.1 Å². The van der Waals surface area contributed by atoms with Crippen LogP contribution >= 0.6 is 11.6 Å². The zero-order valence-electron chi connectivity index (χ0n) is 20.4. The molecule has 0 unspecified atom stereocenters. The van der Waals surface area contributed by atoms with Gasteiger partial charge in [0.2, 0.25) is 0 Å². The number of aliphatic hydroxyl groups is 1. The number of nitrogens with zero attached hydrogens (tertiary/aromatic N) is 7. The number of halogens is 4. The molecule has 1 N–H and O–H groups in total. The first-order valence-electron chi connectivity index (χ1n) is 12.1. The van der Waals surface area contributed by atoms with Gasteiger partial charge in [-0.3, -0.25) is 9.36 Å². The van der Waals surface area contributed by atoms with Gasteiger partial charge in [0.05, 0.1) is 6.54 Å². The lowest BCUT2D eigenvalue weighted by molar-refractivity contribution is -0.207. The normalized spacial score (nSPS) is 14.5. The van der Waals surface area contributed by atoms with Crippen molar-refractivity contribution in [3.05, 3.63) is 75.8 Å². The van der Waals surface area contributed by atoms with Gasteiger partial charge in [0.15, 0.2) is 23.6 Å². The molecule has 1 aromatic carbocycles. The lowest BCUT2D eigenvalue weighted by Crippen LogP contribution is -2.37. The molecule has 4 aromatic rings. The number of hydrogen-bond acceptors (Lipinski definition) is 7. The van der Waals surface area contributed by atoms with Gasteiger partial charge in [0.25, 0.3) is 0 Å². The highest BCUT2D eigenvalue weighted by atomic mass is 35.5. The van der Waals surface area contributed by atoms with E-state index in [1.807, 2.05) is 0 Å². The fraction of sp³-hybridized carbons (Fsp3) is 0.360. The monoisotopic (exact) mass is 561 g/mol. The second-order valence-corrected chi connectivity index (χ2v) is 9.83. The van der Waals surface area contributed by atoms with E-state index in [-0.39, 0.29) is 30.4 Å². The first kappa shape index (κ1) is 26.8. The Kier molecular flexibility index (Phi) is 7.36. The third kappa shape index (κ3) is 6.25. The maximum absolute atomic E-state index is 13.1. The van der Waals surface area contributed by atoms with E-state index in [2.05, 4.69) is 20.2 Å². The number of hydrogen-bond donors (Lipinski definition) is 1. The summed E-state index contributed by atoms with van der Waals surface area (Å²) in [5.41, 5.74) is 0.119. The Morgan fingerprint density at radius 2 is 1.87 bits per heavy atom. The van der Waals surface area contributed by atoms with Crippen LogP contribution in [0.2, 0.25) is 5.02 Å². The van der Waals surface area contributed by atoms with Gasteiger partial charge in [-0.05, 0) is 49.1 Å². The van der Waals surface area contributed by atoms with Gasteiger partial charge in [-0.1, -0.05) is 17.7 Å². The summed E-state index contributed by atoms with van der Waals surface area (Å²) < 4.78 is 42.3. The van der Waals surface area contributed by atoms with Crippen LogP contribution in [-0.2, 0) is 24.3 Å². The summed E-state index contributed by atoms with van der Waals surface area (Å²) in [7, 11) is 0. The minimum Gasteiger partial charge on any atom is -0.382 e. The summed E-state index contributed by atoms with van der Waals surface area (Å²) in [6.45, 7) is -1.31. The van der Waals surface area contributed by atoms with Crippen LogP contribution in [0.25, 0.3) is 17.2 Å². The molecule has 1 aliphatic carbocycles. The predicted octanol–water partition coefficient (Wildman–Crippen LogP) is 3.22. The largest absolute Gasteiger partial charge is 0.416 e. The summed E-state index contributed by atoms with van der Waals surface area (Å²) in [5.74, 6) is 1.04. The Bertz CT molecular complexity index is 1540. The number of carbonyl (C=O) groups excluding carboxylic acids is 1. The molecule has 10 nitrogen and oxygen atoms in total. The first-order chi connectivity index (χ1) is 18.6. The van der Waals surface area contributed by atoms with Crippen LogP contribution in [0.15, 0.2) is 53.7 Å². The summed E-state index contributed by atoms with van der Waals surface area (Å²) in [5, 5.41) is 18.6. The number of rotatable bonds is 10. The van der Waals surface area contributed by atoms with Gasteiger partial charge in [0.1, 0.15) is 18.7 Å². The van der Waals surface area contributed by atoms with E-state index in [9.17, 15) is 27.9 Å². The molecule has 39 heavy (non-hydrogen) atoms. The number of aliphatic hydroxyl groups excluding tert-OH is 1. The highest BCUT2D eigenvalue weighted by molar-refractivity contribution is 6.30. The maximum Gasteiger partial charge on any atom is 0.416 e. The molecule has 1 aliphatic rings. The minimum atomic E-state index is -4.93. The molecule has 3 aromatic heterocycles. The Morgan fingerprint density at radius 1 is 1.13 bits per heavy atom. The smallest absolute Gasteiger partial charge is 0.382 e. The summed E-state index contributed by atoms with van der Waals surface area (Å²) in [6.07, 6.45) is -1.90. The second-order valence-electron chi connectivity index (χ2n) is 9.39. The molecule has 3 heterocycles. The Labute approximate surface area is 224 Å². The number of ketones is 1. The highest BCUT2D eigenvalue weighted by Crippen LogP contribution is 2.33. The molecular weight excluding hydrogens is 539 g/mol. The van der Waals surface area contributed by atoms with Crippen LogP contribution in [0.5, 0.6) is 0 Å². The van der Waals surface area contributed by atoms with Gasteiger partial charge in [-0.15, -0.1) is 10.2 Å². The quantitative estimate of drug-likeness (QED) is 0.315. The standard InChI is InChI=1S/C25H23ClF3N7O3/c26-18-7-5-16(6-8-18)23-33-35(24(39)34(23)12-20(38)25(27,28)29)13-21-31-14-36(32-21)22-17(2-1-9-30-22)11-19(37)10-15-3-4-15/h1-2,5-9,14-15,20,38H,3-4,10-13H2/t20-/m0/s1. The van der Waals surface area contributed by atoms with Crippen LogP contribution in [0.3, 0.4) is 0 Å². The molecule has 204 valence electrons. The summed E-state index contributed by atoms with van der Waals surface area (Å²) >= 11 is 5.92. The van der Waals surface area contributed by atoms with Crippen molar-refractivity contribution in [2.24, 2.45) is 5.92 Å². The lowest BCUT2D eigenvalue weighted by Gasteiger charge is -2.15. The van der Waals surface area contributed by atoms with Crippen LogP contribution in [0.4, 0.5) is 13.2 Å². The van der Waals surface area contributed by atoms with Gasteiger partial charge >= 0.3 is 11.9 Å². The van der Waals surface area contributed by atoms with E-state index in [0.717, 1.165) is 22.1 Å². The van der Waals surface area contributed by atoms with E-state index in [1.54, 1.807) is 18.3 Å². The number of alkyl halides is 3. The third-order valence-corrected chi connectivity index (χ3v) is 6.53. The Balaban J connectivity index is 1.42. The van der Waals surface area contributed by atoms with E-state index < -0.39 is 24.5 Å². The van der Waals surface area contributed by atoms with E-state index >= 15 is 0 Å². The maximum atomic E-state index is 13.1. The van der Waals surface area contributed by atoms with Crippen LogP contribution < -0.4 is 5.69 Å². The fourth-order valence-corrected chi connectivity index (χ4v) is 4.23. The molecule has 1 fully saturated rings. The molecule has 0 spiro atoms. The average molecular weight is 562 g/mol. The molecule has 5 rings (SSSR count). The number of aromatic nitrogens is 7. The predicted molar refractivity (Wildman–Crippen MR) is 133 cm³/mol. The molecule has 1 atom stereocenters. The summed E-state index contributed by atoms with van der Waals surface area (Å²) in [6, 6.07) is 9.53. The van der Waals surface area contributed by atoms with Crippen LogP contribution in [0.1, 0.15) is 30.7 Å². The van der Waals surface area contributed by atoms with Crippen molar-refractivity contribution >= 4 is 17.4 Å². The van der Waals surface area contributed by atoms with E-state index in [1.165, 1.54) is 35.3 Å². The minimum absolute atomic E-state index is 0.0828. The SMILES string of the molecule is O=C(Cc1cccnc1-n1cnc(Cn2nc(-c3ccc(Cl)cc3)n(C[C@H](O)C(F)(F)F)c2=O)n1)CC1CC1. The average Bonchev–Trinajstić information content (AvgIpc) is 3.49. The topological polar surface area (TPSA) is 121 Å². The van der Waals surface area contributed by atoms with Crippen LogP contribution in [-0.4, -0.2) is 57.3 Å². The number of carbonyl (C=O) groups is 1. The van der Waals surface area contributed by atoms with Gasteiger partial charge < -0.3 is 5.11 Å². The fourth-order valence-electron chi connectivity index (χ4n) is 4.11.